The molecule has 13 heteroatoms. The Kier molecular flexibility index (Phi) is 8.54. The van der Waals surface area contributed by atoms with Gasteiger partial charge in [-0.15, -0.1) is 0 Å². The van der Waals surface area contributed by atoms with Gasteiger partial charge >= 0.3 is 6.09 Å². The summed E-state index contributed by atoms with van der Waals surface area (Å²) in [6.45, 7) is 0.610. The van der Waals surface area contributed by atoms with Crippen LogP contribution in [0.2, 0.25) is 5.28 Å². The quantitative estimate of drug-likeness (QED) is 0.114. The minimum atomic E-state index is -3.04. The number of anilines is 2. The Balaban J connectivity index is 1.58. The number of thiol groups is 1. The van der Waals surface area contributed by atoms with Crippen molar-refractivity contribution >= 4 is 39.2 Å². The van der Waals surface area contributed by atoms with Gasteiger partial charge in [-0.3, -0.25) is 0 Å². The van der Waals surface area contributed by atoms with E-state index in [1.807, 2.05) is 0 Å². The van der Waals surface area contributed by atoms with Gasteiger partial charge < -0.3 is 25.4 Å². The molecule has 0 aliphatic carbocycles. The van der Waals surface area contributed by atoms with E-state index in [0.717, 1.165) is 6.20 Å². The SMILES string of the molecule is C[SH](O)(Cc1cc(N)cc(OCCCNc2cc(-c3nc(Cl)ncc3F)ccc2F)c1)=NC(=O)O. The fraction of sp³-hybridized carbons (Fsp3) is 0.227. The molecule has 0 atom stereocenters. The number of nitrogens with one attached hydrogen (secondary N) is 1. The average Bonchev–Trinajstić information content (AvgIpc) is 2.74. The van der Waals surface area contributed by atoms with Crippen molar-refractivity contribution in [3.63, 3.8) is 0 Å². The number of halogens is 3. The van der Waals surface area contributed by atoms with Crippen molar-refractivity contribution in [2.75, 3.05) is 30.5 Å². The highest BCUT2D eigenvalue weighted by Crippen LogP contribution is 2.26. The largest absolute Gasteiger partial charge is 0.493 e. The lowest BCUT2D eigenvalue weighted by Gasteiger charge is -2.18. The number of aromatic nitrogens is 2. The molecule has 1 heterocycles. The Bertz CT molecular complexity index is 1290. The number of carbonyl (C=O) groups is 1. The molecule has 1 aromatic heterocycles. The number of nitrogen functional groups attached to an aromatic ring is 1. The number of hydrogen-bond acceptors (Lipinski definition) is 6. The number of benzene rings is 2. The van der Waals surface area contributed by atoms with Crippen LogP contribution in [0.5, 0.6) is 5.75 Å². The van der Waals surface area contributed by atoms with Crippen LogP contribution in [-0.4, -0.2) is 45.1 Å². The predicted molar refractivity (Wildman–Crippen MR) is 133 cm³/mol. The lowest BCUT2D eigenvalue weighted by molar-refractivity contribution is 0.206. The first kappa shape index (κ1) is 26.3. The molecule has 0 fully saturated rings. The Hall–Kier alpha value is -3.35. The summed E-state index contributed by atoms with van der Waals surface area (Å²) in [4.78, 5) is 18.2. The Morgan fingerprint density at radius 2 is 2.03 bits per heavy atom. The summed E-state index contributed by atoms with van der Waals surface area (Å²) < 4.78 is 47.5. The molecular formula is C22H24ClF2N5O4S. The van der Waals surface area contributed by atoms with Crippen LogP contribution in [0, 0.1) is 11.6 Å². The first-order valence-corrected chi connectivity index (χ1v) is 13.0. The molecule has 9 nitrogen and oxygen atoms in total. The lowest BCUT2D eigenvalue weighted by atomic mass is 10.1. The molecule has 0 unspecified atom stereocenters. The molecule has 3 rings (SSSR count). The topological polar surface area (TPSA) is 143 Å². The van der Waals surface area contributed by atoms with Crippen LogP contribution >= 0.6 is 11.6 Å². The van der Waals surface area contributed by atoms with E-state index in [1.54, 1.807) is 18.2 Å². The maximum absolute atomic E-state index is 14.2. The van der Waals surface area contributed by atoms with Crippen LogP contribution < -0.4 is 15.8 Å². The van der Waals surface area contributed by atoms with Gasteiger partial charge in [-0.05, 0) is 60.2 Å². The van der Waals surface area contributed by atoms with Gasteiger partial charge in [-0.25, -0.2) is 23.5 Å². The molecule has 35 heavy (non-hydrogen) atoms. The number of carboxylic acid groups (broad SMARTS) is 1. The van der Waals surface area contributed by atoms with E-state index >= 15 is 0 Å². The highest BCUT2D eigenvalue weighted by Gasteiger charge is 2.12. The zero-order valence-corrected chi connectivity index (χ0v) is 20.2. The molecule has 5 N–H and O–H groups in total. The second-order valence-corrected chi connectivity index (χ2v) is 10.7. The van der Waals surface area contributed by atoms with Crippen molar-refractivity contribution in [2.24, 2.45) is 4.36 Å². The first-order valence-electron chi connectivity index (χ1n) is 10.3. The van der Waals surface area contributed by atoms with Gasteiger partial charge in [-0.2, -0.15) is 4.36 Å². The summed E-state index contributed by atoms with van der Waals surface area (Å²) in [7, 11) is -3.04. The normalized spacial score (nSPS) is 11.7. The van der Waals surface area contributed by atoms with E-state index in [1.165, 1.54) is 24.5 Å². The number of ether oxygens (including phenoxy) is 1. The number of nitrogens with zero attached hydrogens (tertiary/aromatic N) is 3. The van der Waals surface area contributed by atoms with Crippen LogP contribution in [0.4, 0.5) is 25.0 Å². The second-order valence-electron chi connectivity index (χ2n) is 7.70. The van der Waals surface area contributed by atoms with Gasteiger partial charge in [0.05, 0.1) is 18.5 Å². The predicted octanol–water partition coefficient (Wildman–Crippen LogP) is 4.89. The van der Waals surface area contributed by atoms with Gasteiger partial charge in [0, 0.05) is 29.6 Å². The minimum absolute atomic E-state index is 0.0357. The summed E-state index contributed by atoms with van der Waals surface area (Å²) in [5.41, 5.74) is 7.34. The van der Waals surface area contributed by atoms with Crippen LogP contribution in [0.15, 0.2) is 47.0 Å². The van der Waals surface area contributed by atoms with Crippen molar-refractivity contribution in [3.8, 4) is 17.0 Å². The molecule has 2 aromatic carbocycles. The average molecular weight is 528 g/mol. The molecule has 0 bridgehead atoms. The van der Waals surface area contributed by atoms with Crippen LogP contribution in [0.1, 0.15) is 12.0 Å². The third-order valence-electron chi connectivity index (χ3n) is 4.63. The summed E-state index contributed by atoms with van der Waals surface area (Å²) in [6, 6.07) is 8.89. The molecule has 0 aliphatic rings. The maximum atomic E-state index is 14.2. The maximum Gasteiger partial charge on any atom is 0.437 e. The highest BCUT2D eigenvalue weighted by atomic mass is 35.5. The second kappa shape index (κ2) is 11.4. The molecule has 1 amide bonds. The number of nitrogens with two attached hydrogens (primary N) is 1. The summed E-state index contributed by atoms with van der Waals surface area (Å²) >= 11 is 5.74. The molecule has 3 aromatic rings. The number of rotatable bonds is 9. The van der Waals surface area contributed by atoms with E-state index < -0.39 is 27.8 Å². The van der Waals surface area contributed by atoms with Gasteiger partial charge in [0.2, 0.25) is 5.28 Å². The molecule has 188 valence electrons. The third-order valence-corrected chi connectivity index (χ3v) is 6.38. The molecule has 0 aliphatic heterocycles. The van der Waals surface area contributed by atoms with Crippen LogP contribution in [-0.2, 0) is 15.9 Å². The first-order chi connectivity index (χ1) is 16.5. The Morgan fingerprint density at radius 1 is 1.26 bits per heavy atom. The van der Waals surface area contributed by atoms with Gasteiger partial charge in [0.25, 0.3) is 0 Å². The van der Waals surface area contributed by atoms with Crippen molar-refractivity contribution in [1.82, 2.24) is 9.97 Å². The summed E-state index contributed by atoms with van der Waals surface area (Å²) in [5, 5.41) is 11.6. The van der Waals surface area contributed by atoms with Gasteiger partial charge in [0.15, 0.2) is 5.82 Å². The fourth-order valence-corrected chi connectivity index (χ4v) is 4.71. The standard InChI is InChI=1S/C22H24ClF2N5O4S/c1-35(33,30-22(31)32)12-13-7-15(26)10-16(8-13)34-6-2-5-27-19-9-14(3-4-17(19)24)20-18(25)11-28-21(23)29-20/h3-4,7-11,27,35H,2,5-6,12,26H2,1H3,(H,30,33)(H,31,32). The van der Waals surface area contributed by atoms with Gasteiger partial charge in [-0.1, -0.05) is 10.1 Å². The van der Waals surface area contributed by atoms with E-state index in [-0.39, 0.29) is 29.0 Å². The molecule has 0 saturated carbocycles. The van der Waals surface area contributed by atoms with Gasteiger partial charge in [0.1, 0.15) is 17.3 Å². The molecule has 0 radical (unpaired) electrons. The lowest BCUT2D eigenvalue weighted by Crippen LogP contribution is -2.13. The van der Waals surface area contributed by atoms with E-state index in [9.17, 15) is 18.1 Å². The van der Waals surface area contributed by atoms with E-state index in [2.05, 4.69) is 19.6 Å². The van der Waals surface area contributed by atoms with E-state index in [4.69, 9.17) is 27.2 Å². The monoisotopic (exact) mass is 527 g/mol. The van der Waals surface area contributed by atoms with Crippen LogP contribution in [0.25, 0.3) is 11.3 Å². The minimum Gasteiger partial charge on any atom is -0.493 e. The fourth-order valence-electron chi connectivity index (χ4n) is 3.27. The number of amides is 1. The Labute approximate surface area is 206 Å². The zero-order chi connectivity index (χ0) is 25.6. The molecule has 0 saturated heterocycles. The summed E-state index contributed by atoms with van der Waals surface area (Å²) in [5.74, 6) is -0.713. The zero-order valence-electron chi connectivity index (χ0n) is 18.6. The highest BCUT2D eigenvalue weighted by molar-refractivity contribution is 7.98. The summed E-state index contributed by atoms with van der Waals surface area (Å²) in [6.07, 6.45) is 1.40. The molecular weight excluding hydrogens is 504 g/mol. The van der Waals surface area contributed by atoms with Crippen molar-refractivity contribution in [3.05, 3.63) is 65.1 Å². The van der Waals surface area contributed by atoms with E-state index in [0.29, 0.717) is 35.5 Å². The van der Waals surface area contributed by atoms with Crippen molar-refractivity contribution < 1.29 is 28.0 Å². The number of hydrogen-bond donors (Lipinski definition) is 5. The third kappa shape index (κ3) is 7.84. The Morgan fingerprint density at radius 3 is 2.77 bits per heavy atom. The van der Waals surface area contributed by atoms with Crippen molar-refractivity contribution in [1.29, 1.82) is 0 Å². The molecule has 0 spiro atoms. The smallest absolute Gasteiger partial charge is 0.437 e. The van der Waals surface area contributed by atoms with Crippen molar-refractivity contribution in [2.45, 2.75) is 12.2 Å². The van der Waals surface area contributed by atoms with Crippen LogP contribution in [0.3, 0.4) is 0 Å².